The predicted octanol–water partition coefficient (Wildman–Crippen LogP) is 1.48. The fraction of sp³-hybridized carbons (Fsp3) is 0.400. The van der Waals surface area contributed by atoms with E-state index in [9.17, 15) is 14.4 Å². The zero-order valence-corrected chi connectivity index (χ0v) is 13.4. The summed E-state index contributed by atoms with van der Waals surface area (Å²) in [6.07, 6.45) is 0.757. The van der Waals surface area contributed by atoms with E-state index in [2.05, 4.69) is 10.1 Å². The van der Waals surface area contributed by atoms with Gasteiger partial charge in [0.2, 0.25) is 5.91 Å². The molecular weight excluding hydrogens is 308 g/mol. The molecule has 0 aliphatic rings. The van der Waals surface area contributed by atoms with Crippen molar-refractivity contribution in [2.24, 2.45) is 0 Å². The van der Waals surface area contributed by atoms with E-state index >= 15 is 0 Å². The molecule has 6 nitrogen and oxygen atoms in total. The summed E-state index contributed by atoms with van der Waals surface area (Å²) >= 11 is 5.91. The fourth-order valence-electron chi connectivity index (χ4n) is 1.72. The highest BCUT2D eigenvalue weighted by molar-refractivity contribution is 6.33. The summed E-state index contributed by atoms with van der Waals surface area (Å²) < 4.78 is 4.52. The highest BCUT2D eigenvalue weighted by Gasteiger charge is 2.13. The van der Waals surface area contributed by atoms with Gasteiger partial charge in [-0.15, -0.1) is 0 Å². The molecule has 1 aromatic rings. The first-order chi connectivity index (χ1) is 10.5. The molecule has 0 radical (unpaired) electrons. The van der Waals surface area contributed by atoms with Crippen molar-refractivity contribution in [1.82, 2.24) is 10.2 Å². The van der Waals surface area contributed by atoms with Gasteiger partial charge in [-0.2, -0.15) is 0 Å². The average molecular weight is 327 g/mol. The van der Waals surface area contributed by atoms with Gasteiger partial charge in [-0.3, -0.25) is 14.4 Å². The third kappa shape index (κ3) is 5.73. The molecule has 0 saturated heterocycles. The number of amides is 2. The number of likely N-dealkylation sites (N-methyl/N-ethyl adjacent to an activating group) is 1. The number of carbonyl (C=O) groups excluding carboxylic acids is 3. The molecule has 0 aliphatic carbocycles. The van der Waals surface area contributed by atoms with Crippen LogP contribution in [0.4, 0.5) is 0 Å². The van der Waals surface area contributed by atoms with Crippen LogP contribution in [0, 0.1) is 0 Å². The average Bonchev–Trinajstić information content (AvgIpc) is 2.52. The molecule has 1 aromatic carbocycles. The van der Waals surface area contributed by atoms with Crippen molar-refractivity contribution in [3.05, 3.63) is 34.9 Å². The fourth-order valence-corrected chi connectivity index (χ4v) is 1.94. The van der Waals surface area contributed by atoms with Crippen LogP contribution in [0.2, 0.25) is 5.02 Å². The summed E-state index contributed by atoms with van der Waals surface area (Å²) in [6, 6.07) is 6.61. The Hall–Kier alpha value is -2.08. The number of nitrogens with zero attached hydrogens (tertiary/aromatic N) is 1. The molecule has 1 N–H and O–H groups in total. The minimum absolute atomic E-state index is 0.126. The lowest BCUT2D eigenvalue weighted by atomic mass is 10.2. The molecule has 0 spiro atoms. The summed E-state index contributed by atoms with van der Waals surface area (Å²) in [4.78, 5) is 36.2. The number of nitrogens with one attached hydrogen (secondary N) is 1. The Morgan fingerprint density at radius 2 is 1.95 bits per heavy atom. The first-order valence-corrected chi connectivity index (χ1v) is 7.17. The maximum absolute atomic E-state index is 11.9. The largest absolute Gasteiger partial charge is 0.469 e. The Balaban J connectivity index is 2.37. The van der Waals surface area contributed by atoms with E-state index in [0.29, 0.717) is 23.6 Å². The van der Waals surface area contributed by atoms with Crippen molar-refractivity contribution in [3.63, 3.8) is 0 Å². The van der Waals surface area contributed by atoms with Crippen molar-refractivity contribution in [2.45, 2.75) is 12.8 Å². The molecular formula is C15H19ClN2O4. The minimum Gasteiger partial charge on any atom is -0.469 e. The Bertz CT molecular complexity index is 548. The van der Waals surface area contributed by atoms with Gasteiger partial charge in [0.15, 0.2) is 0 Å². The molecule has 2 amide bonds. The Morgan fingerprint density at radius 3 is 2.59 bits per heavy atom. The van der Waals surface area contributed by atoms with Gasteiger partial charge >= 0.3 is 5.97 Å². The molecule has 22 heavy (non-hydrogen) atoms. The van der Waals surface area contributed by atoms with Crippen molar-refractivity contribution in [3.8, 4) is 0 Å². The van der Waals surface area contributed by atoms with Gasteiger partial charge in [-0.05, 0) is 18.6 Å². The number of hydrogen-bond acceptors (Lipinski definition) is 4. The van der Waals surface area contributed by atoms with Crippen LogP contribution >= 0.6 is 11.6 Å². The molecule has 0 aromatic heterocycles. The molecule has 0 bridgehead atoms. The lowest BCUT2D eigenvalue weighted by molar-refractivity contribution is -0.141. The number of rotatable bonds is 7. The summed E-state index contributed by atoms with van der Waals surface area (Å²) in [5, 5.41) is 2.86. The van der Waals surface area contributed by atoms with E-state index in [4.69, 9.17) is 11.6 Å². The second-order valence-electron chi connectivity index (χ2n) is 4.66. The van der Waals surface area contributed by atoms with Crippen LogP contribution in [-0.4, -0.2) is 49.9 Å². The standard InChI is InChI=1S/C15H19ClN2O4/c1-18(9-5-8-14(20)22-2)13(19)10-17-15(21)11-6-3-4-7-12(11)16/h3-4,6-7H,5,8-10H2,1-2H3,(H,17,21). The summed E-state index contributed by atoms with van der Waals surface area (Å²) in [5.74, 6) is -0.958. The van der Waals surface area contributed by atoms with E-state index in [1.807, 2.05) is 0 Å². The van der Waals surface area contributed by atoms with Gasteiger partial charge in [0, 0.05) is 20.0 Å². The Morgan fingerprint density at radius 1 is 1.27 bits per heavy atom. The van der Waals surface area contributed by atoms with Crippen molar-refractivity contribution >= 4 is 29.4 Å². The normalized spacial score (nSPS) is 9.95. The maximum Gasteiger partial charge on any atom is 0.305 e. The first kappa shape index (κ1) is 18.0. The second-order valence-corrected chi connectivity index (χ2v) is 5.06. The number of halogens is 1. The highest BCUT2D eigenvalue weighted by atomic mass is 35.5. The first-order valence-electron chi connectivity index (χ1n) is 6.79. The van der Waals surface area contributed by atoms with E-state index in [-0.39, 0.29) is 24.8 Å². The summed E-state index contributed by atoms with van der Waals surface area (Å²) in [5.41, 5.74) is 0.324. The number of esters is 1. The lowest BCUT2D eigenvalue weighted by Crippen LogP contribution is -2.38. The van der Waals surface area contributed by atoms with Gasteiger partial charge in [0.25, 0.3) is 5.91 Å². The maximum atomic E-state index is 11.9. The molecule has 0 unspecified atom stereocenters. The second kappa shape index (κ2) is 9.04. The van der Waals surface area contributed by atoms with Crippen molar-refractivity contribution < 1.29 is 19.1 Å². The molecule has 0 aliphatic heterocycles. The molecule has 0 saturated carbocycles. The van der Waals surface area contributed by atoms with E-state index < -0.39 is 5.91 Å². The topological polar surface area (TPSA) is 75.7 Å². The predicted molar refractivity (Wildman–Crippen MR) is 82.7 cm³/mol. The number of carbonyl (C=O) groups is 3. The molecule has 0 fully saturated rings. The number of benzene rings is 1. The van der Waals surface area contributed by atoms with Crippen LogP contribution in [0.5, 0.6) is 0 Å². The zero-order chi connectivity index (χ0) is 16.5. The summed E-state index contributed by atoms with van der Waals surface area (Å²) in [6.45, 7) is 0.286. The highest BCUT2D eigenvalue weighted by Crippen LogP contribution is 2.14. The third-order valence-corrected chi connectivity index (χ3v) is 3.38. The van der Waals surface area contributed by atoms with E-state index in [0.717, 1.165) is 0 Å². The monoisotopic (exact) mass is 326 g/mol. The van der Waals surface area contributed by atoms with Gasteiger partial charge < -0.3 is 15.0 Å². The van der Waals surface area contributed by atoms with Crippen LogP contribution in [0.3, 0.4) is 0 Å². The Labute approximate surface area is 134 Å². The smallest absolute Gasteiger partial charge is 0.305 e. The van der Waals surface area contributed by atoms with Gasteiger partial charge in [0.1, 0.15) is 0 Å². The molecule has 0 atom stereocenters. The quantitative estimate of drug-likeness (QED) is 0.770. The Kier molecular flexibility index (Phi) is 7.39. The molecule has 1 rings (SSSR count). The van der Waals surface area contributed by atoms with Gasteiger partial charge in [0.05, 0.1) is 24.2 Å². The number of methoxy groups -OCH3 is 1. The molecule has 120 valence electrons. The van der Waals surface area contributed by atoms with Crippen LogP contribution in [-0.2, 0) is 14.3 Å². The van der Waals surface area contributed by atoms with Crippen LogP contribution in [0.15, 0.2) is 24.3 Å². The van der Waals surface area contributed by atoms with Crippen molar-refractivity contribution in [1.29, 1.82) is 0 Å². The minimum atomic E-state index is -0.401. The molecule has 0 heterocycles. The summed E-state index contributed by atoms with van der Waals surface area (Å²) in [7, 11) is 2.93. The van der Waals surface area contributed by atoms with Crippen molar-refractivity contribution in [2.75, 3.05) is 27.2 Å². The van der Waals surface area contributed by atoms with Crippen LogP contribution < -0.4 is 5.32 Å². The third-order valence-electron chi connectivity index (χ3n) is 3.05. The lowest BCUT2D eigenvalue weighted by Gasteiger charge is -2.17. The van der Waals surface area contributed by atoms with E-state index in [1.165, 1.54) is 12.0 Å². The molecule has 7 heteroatoms. The van der Waals surface area contributed by atoms with E-state index in [1.54, 1.807) is 31.3 Å². The number of ether oxygens (including phenoxy) is 1. The number of hydrogen-bond donors (Lipinski definition) is 1. The van der Waals surface area contributed by atoms with Crippen LogP contribution in [0.25, 0.3) is 0 Å². The van der Waals surface area contributed by atoms with Gasteiger partial charge in [-0.25, -0.2) is 0 Å². The van der Waals surface area contributed by atoms with Crippen LogP contribution in [0.1, 0.15) is 23.2 Å². The SMILES string of the molecule is COC(=O)CCCN(C)C(=O)CNC(=O)c1ccccc1Cl. The zero-order valence-electron chi connectivity index (χ0n) is 12.6. The van der Waals surface area contributed by atoms with Gasteiger partial charge in [-0.1, -0.05) is 23.7 Å².